The lowest BCUT2D eigenvalue weighted by Gasteiger charge is -1.87. The number of benzene rings is 2. The van der Waals surface area contributed by atoms with Crippen LogP contribution < -0.4 is 10.6 Å². The van der Waals surface area contributed by atoms with Crippen LogP contribution in [0.15, 0.2) is 60.7 Å². The highest BCUT2D eigenvalue weighted by molar-refractivity contribution is 7.61. The maximum atomic E-state index is 12.0. The molecular formula is C12H11N9OP-. The molecule has 0 saturated carbocycles. The van der Waals surface area contributed by atoms with Crippen molar-refractivity contribution >= 4 is 18.4 Å². The second kappa shape index (κ2) is 16.5. The second-order valence-electron chi connectivity index (χ2n) is 3.24. The third-order valence-electron chi connectivity index (χ3n) is 1.98. The molecule has 2 aromatic rings. The van der Waals surface area contributed by atoms with Crippen molar-refractivity contribution in [3.05, 3.63) is 103 Å². The highest BCUT2D eigenvalue weighted by Crippen LogP contribution is 2.18. The molecule has 11 heteroatoms. The van der Waals surface area contributed by atoms with Gasteiger partial charge in [-0.3, -0.25) is 9.82 Å². The van der Waals surface area contributed by atoms with Crippen LogP contribution in [0, 0.1) is 5.53 Å². The Kier molecular flexibility index (Phi) is 15.6. The summed E-state index contributed by atoms with van der Waals surface area (Å²) in [6.45, 7) is 0. The van der Waals surface area contributed by atoms with Crippen molar-refractivity contribution in [2.75, 3.05) is 0 Å². The maximum absolute atomic E-state index is 12.0. The molecule has 1 N–H and O–H groups in total. The smallest absolute Gasteiger partial charge is 0.373 e. The van der Waals surface area contributed by atoms with Crippen LogP contribution in [-0.2, 0) is 4.57 Å². The van der Waals surface area contributed by atoms with Crippen molar-refractivity contribution in [1.82, 2.24) is 0 Å². The lowest BCUT2D eigenvalue weighted by Crippen LogP contribution is -2.04. The van der Waals surface area contributed by atoms with Crippen molar-refractivity contribution in [3.63, 3.8) is 0 Å². The van der Waals surface area contributed by atoms with Crippen molar-refractivity contribution in [1.29, 1.82) is 5.53 Å². The monoisotopic (exact) mass is 328 g/mol. The predicted octanol–water partition coefficient (Wildman–Crippen LogP) is 5.07. The van der Waals surface area contributed by atoms with E-state index in [0.717, 1.165) is 10.6 Å². The van der Waals surface area contributed by atoms with Crippen molar-refractivity contribution in [2.24, 2.45) is 0 Å². The number of hydrogen-bond acceptors (Lipinski definition) is 2. The Balaban J connectivity index is 0. The standard InChI is InChI=1S/C12H10OP.HN3.2N3/c13-14(11-7-3-1-4-8-11)12-9-5-2-6-10-12;3*1-3-2/h1-10H;1H;;/q+1;;2*-1. The average Bonchev–Trinajstić information content (AvgIpc) is 2.58. The van der Waals surface area contributed by atoms with E-state index in [1.54, 1.807) is 4.91 Å². The highest BCUT2D eigenvalue weighted by Gasteiger charge is 2.21. The van der Waals surface area contributed by atoms with Crippen molar-refractivity contribution in [2.45, 2.75) is 0 Å². The van der Waals surface area contributed by atoms with E-state index in [4.69, 9.17) is 33.2 Å². The molecule has 10 nitrogen and oxygen atoms in total. The molecule has 2 rings (SSSR count). The Morgan fingerprint density at radius 2 is 0.913 bits per heavy atom. The average molecular weight is 328 g/mol. The van der Waals surface area contributed by atoms with Crippen molar-refractivity contribution < 1.29 is 4.57 Å². The minimum atomic E-state index is -1.42. The zero-order valence-electron chi connectivity index (χ0n) is 11.7. The van der Waals surface area contributed by atoms with Gasteiger partial charge in [0.05, 0.1) is 0 Å². The van der Waals surface area contributed by atoms with Crippen LogP contribution >= 0.6 is 7.80 Å². The lowest BCUT2D eigenvalue weighted by molar-refractivity contribution is 0.598. The summed E-state index contributed by atoms with van der Waals surface area (Å²) in [5.74, 6) is 0. The zero-order chi connectivity index (χ0) is 17.9. The summed E-state index contributed by atoms with van der Waals surface area (Å²) >= 11 is 0. The Labute approximate surface area is 132 Å². The SMILES string of the molecule is O=[P+](c1ccccc1)c1ccccc1.[N-]=[N+]=N.[N-]=[N+]=[N-].[N-]=[N+]=[N-]. The van der Waals surface area contributed by atoms with Gasteiger partial charge in [-0.25, -0.2) is 0 Å². The first-order valence-corrected chi connectivity index (χ1v) is 6.93. The molecule has 0 atom stereocenters. The van der Waals surface area contributed by atoms with Crippen LogP contribution in [0.1, 0.15) is 0 Å². The van der Waals surface area contributed by atoms with E-state index in [2.05, 4.69) is 0 Å². The van der Waals surface area contributed by atoms with E-state index in [1.807, 2.05) is 60.7 Å². The summed E-state index contributed by atoms with van der Waals surface area (Å²) < 4.78 is 12.0. The van der Waals surface area contributed by atoms with E-state index in [9.17, 15) is 4.57 Å². The Hall–Kier alpha value is -3.53. The van der Waals surface area contributed by atoms with Gasteiger partial charge >= 0.3 is 7.80 Å². The van der Waals surface area contributed by atoms with Gasteiger partial charge in [0.15, 0.2) is 10.6 Å². The van der Waals surface area contributed by atoms with Crippen LogP contribution in [0.4, 0.5) is 0 Å². The van der Waals surface area contributed by atoms with Gasteiger partial charge in [-0.1, -0.05) is 41.0 Å². The van der Waals surface area contributed by atoms with Crippen LogP contribution in [0.3, 0.4) is 0 Å². The van der Waals surface area contributed by atoms with E-state index >= 15 is 0 Å². The van der Waals surface area contributed by atoms with Gasteiger partial charge in [-0.2, -0.15) is 0 Å². The second-order valence-corrected chi connectivity index (χ2v) is 4.87. The van der Waals surface area contributed by atoms with Gasteiger partial charge in [-0.05, 0) is 34.7 Å². The summed E-state index contributed by atoms with van der Waals surface area (Å²) in [5.41, 5.74) is 39.2. The van der Waals surface area contributed by atoms with E-state index < -0.39 is 7.80 Å². The van der Waals surface area contributed by atoms with Gasteiger partial charge in [0.1, 0.15) is 0 Å². The minimum absolute atomic E-state index is 0.883. The molecule has 0 heterocycles. The molecule has 0 unspecified atom stereocenters. The van der Waals surface area contributed by atoms with E-state index in [-0.39, 0.29) is 0 Å². The van der Waals surface area contributed by atoms with Gasteiger partial charge < -0.3 is 22.1 Å². The Bertz CT molecular complexity index is 602. The van der Waals surface area contributed by atoms with E-state index in [1.165, 1.54) is 9.82 Å². The Morgan fingerprint density at radius 3 is 1.13 bits per heavy atom. The van der Waals surface area contributed by atoms with Crippen molar-refractivity contribution in [3.8, 4) is 0 Å². The largest absolute Gasteiger partial charge is 0.415 e. The molecule has 0 radical (unpaired) electrons. The van der Waals surface area contributed by atoms with Crippen LogP contribution in [0.5, 0.6) is 0 Å². The fraction of sp³-hybridized carbons (Fsp3) is 0. The van der Waals surface area contributed by atoms with Gasteiger partial charge in [-0.15, -0.1) is 5.53 Å². The van der Waals surface area contributed by atoms with Gasteiger partial charge in [0.25, 0.3) is 0 Å². The number of rotatable bonds is 2. The summed E-state index contributed by atoms with van der Waals surface area (Å²) in [6.07, 6.45) is 0. The molecule has 0 aliphatic rings. The van der Waals surface area contributed by atoms with Gasteiger partial charge in [0.2, 0.25) is 0 Å². The third kappa shape index (κ3) is 12.0. The van der Waals surface area contributed by atoms with Gasteiger partial charge in [0, 0.05) is 0 Å². The molecule has 116 valence electrons. The molecule has 0 amide bonds. The number of nitrogens with zero attached hydrogens (tertiary/aromatic N) is 8. The normalized spacial score (nSPS) is 6.96. The molecule has 0 aliphatic carbocycles. The fourth-order valence-electron chi connectivity index (χ4n) is 1.28. The number of nitrogens with one attached hydrogen (secondary N) is 1. The zero-order valence-corrected chi connectivity index (χ0v) is 12.6. The number of hydrogen-bond donors (Lipinski definition) is 1. The molecule has 0 saturated heterocycles. The summed E-state index contributed by atoms with van der Waals surface area (Å²) in [6, 6.07) is 19.1. The third-order valence-corrected chi connectivity index (χ3v) is 3.52. The molecule has 23 heavy (non-hydrogen) atoms. The lowest BCUT2D eigenvalue weighted by atomic mass is 10.4. The fourth-order valence-corrected chi connectivity index (χ4v) is 2.46. The molecule has 2 aromatic carbocycles. The highest BCUT2D eigenvalue weighted by atomic mass is 31.1. The van der Waals surface area contributed by atoms with E-state index in [0.29, 0.717) is 0 Å². The maximum Gasteiger partial charge on any atom is 0.415 e. The molecule has 0 bridgehead atoms. The molecule has 0 aromatic heterocycles. The molecule has 0 aliphatic heterocycles. The molecule has 0 fully saturated rings. The summed E-state index contributed by atoms with van der Waals surface area (Å²) in [4.78, 5) is 4.75. The van der Waals surface area contributed by atoms with Crippen LogP contribution in [0.25, 0.3) is 42.4 Å². The Morgan fingerprint density at radius 1 is 0.696 bits per heavy atom. The predicted molar refractivity (Wildman–Crippen MR) is 89.4 cm³/mol. The summed E-state index contributed by atoms with van der Waals surface area (Å²) in [7, 11) is -1.42. The van der Waals surface area contributed by atoms with Crippen LogP contribution in [0.2, 0.25) is 0 Å². The topological polar surface area (TPSA) is 195 Å². The molecule has 0 spiro atoms. The first-order chi connectivity index (χ1) is 11.1. The molecular weight excluding hydrogens is 317 g/mol. The first-order valence-electron chi connectivity index (χ1n) is 5.67. The minimum Gasteiger partial charge on any atom is -0.373 e. The van der Waals surface area contributed by atoms with Crippen LogP contribution in [-0.4, -0.2) is 0 Å². The quantitative estimate of drug-likeness (QED) is 0.341. The summed E-state index contributed by atoms with van der Waals surface area (Å²) in [5, 5.41) is 1.77. The first kappa shape index (κ1) is 21.8.